The number of rotatable bonds is 1. The van der Waals surface area contributed by atoms with Gasteiger partial charge in [-0.3, -0.25) is 0 Å². The van der Waals surface area contributed by atoms with E-state index in [0.717, 1.165) is 11.1 Å². The Bertz CT molecular complexity index is 628. The summed E-state index contributed by atoms with van der Waals surface area (Å²) in [5.41, 5.74) is 4.48. The number of hydrogen-bond acceptors (Lipinski definition) is 1. The van der Waals surface area contributed by atoms with E-state index in [0.29, 0.717) is 5.56 Å². The van der Waals surface area contributed by atoms with Crippen molar-refractivity contribution >= 4 is 22.6 Å². The summed E-state index contributed by atoms with van der Waals surface area (Å²) in [4.78, 5) is 0. The van der Waals surface area contributed by atoms with E-state index in [1.807, 2.05) is 18.2 Å². The van der Waals surface area contributed by atoms with Crippen LogP contribution in [0.3, 0.4) is 0 Å². The molecule has 0 heterocycles. The highest BCUT2D eigenvalue weighted by Crippen LogP contribution is 2.29. The van der Waals surface area contributed by atoms with E-state index in [2.05, 4.69) is 73.7 Å². The van der Waals surface area contributed by atoms with E-state index in [1.165, 1.54) is 9.13 Å². The average Bonchev–Trinajstić information content (AvgIpc) is 2.38. The molecule has 19 heavy (non-hydrogen) atoms. The summed E-state index contributed by atoms with van der Waals surface area (Å²) in [6.07, 6.45) is 0. The molecule has 1 nitrogen and oxygen atoms in total. The van der Waals surface area contributed by atoms with Gasteiger partial charge in [0.1, 0.15) is 0 Å². The minimum Gasteiger partial charge on any atom is -0.192 e. The summed E-state index contributed by atoms with van der Waals surface area (Å²) in [6.45, 7) is 6.63. The summed E-state index contributed by atoms with van der Waals surface area (Å²) in [7, 11) is 0. The van der Waals surface area contributed by atoms with Crippen LogP contribution >= 0.6 is 22.6 Å². The van der Waals surface area contributed by atoms with Gasteiger partial charge in [-0.05, 0) is 62.9 Å². The lowest BCUT2D eigenvalue weighted by molar-refractivity contribution is 0.590. The largest absolute Gasteiger partial charge is 0.192 e. The van der Waals surface area contributed by atoms with Crippen LogP contribution in [0.15, 0.2) is 42.5 Å². The molecule has 0 unspecified atom stereocenters. The van der Waals surface area contributed by atoms with Crippen LogP contribution in [0.25, 0.3) is 11.1 Å². The fraction of sp³-hybridized carbons (Fsp3) is 0.235. The zero-order valence-electron chi connectivity index (χ0n) is 11.4. The summed E-state index contributed by atoms with van der Waals surface area (Å²) in [5, 5.41) is 9.00. The molecule has 0 radical (unpaired) electrons. The summed E-state index contributed by atoms with van der Waals surface area (Å²) in [5.74, 6) is 0. The Morgan fingerprint density at radius 1 is 1.00 bits per heavy atom. The SMILES string of the molecule is CC(C)(C)c1ccc(-c2cc(C#N)ccc2I)cc1. The molecule has 0 N–H and O–H groups in total. The minimum absolute atomic E-state index is 0.167. The van der Waals surface area contributed by atoms with Crippen LogP contribution in [-0.4, -0.2) is 0 Å². The second-order valence-electron chi connectivity index (χ2n) is 5.63. The first-order valence-electron chi connectivity index (χ1n) is 6.22. The maximum atomic E-state index is 9.00. The zero-order valence-corrected chi connectivity index (χ0v) is 13.5. The van der Waals surface area contributed by atoms with Crippen LogP contribution in [0.1, 0.15) is 31.9 Å². The molecule has 2 aromatic carbocycles. The maximum Gasteiger partial charge on any atom is 0.0991 e. The van der Waals surface area contributed by atoms with Gasteiger partial charge in [0.05, 0.1) is 11.6 Å². The fourth-order valence-corrected chi connectivity index (χ4v) is 2.61. The second kappa shape index (κ2) is 5.34. The Hall–Kier alpha value is -1.34. The smallest absolute Gasteiger partial charge is 0.0991 e. The molecule has 0 bridgehead atoms. The van der Waals surface area contributed by atoms with Gasteiger partial charge in [0.25, 0.3) is 0 Å². The van der Waals surface area contributed by atoms with Gasteiger partial charge in [-0.25, -0.2) is 0 Å². The minimum atomic E-state index is 0.167. The number of nitriles is 1. The topological polar surface area (TPSA) is 23.8 Å². The fourth-order valence-electron chi connectivity index (χ4n) is 1.97. The van der Waals surface area contributed by atoms with Crippen molar-refractivity contribution in [3.63, 3.8) is 0 Å². The van der Waals surface area contributed by atoms with Crippen LogP contribution in [0, 0.1) is 14.9 Å². The Balaban J connectivity index is 2.46. The van der Waals surface area contributed by atoms with Gasteiger partial charge in [-0.1, -0.05) is 45.0 Å². The molecule has 0 spiro atoms. The predicted octanol–water partition coefficient (Wildman–Crippen LogP) is 5.13. The van der Waals surface area contributed by atoms with Crippen molar-refractivity contribution in [1.29, 1.82) is 5.26 Å². The van der Waals surface area contributed by atoms with Gasteiger partial charge in [-0.2, -0.15) is 5.26 Å². The molecular weight excluding hydrogens is 345 g/mol. The first kappa shape index (κ1) is 14.1. The second-order valence-corrected chi connectivity index (χ2v) is 6.80. The third-order valence-corrected chi connectivity index (χ3v) is 4.10. The van der Waals surface area contributed by atoms with Crippen LogP contribution < -0.4 is 0 Å². The first-order chi connectivity index (χ1) is 8.91. The molecular formula is C17H16IN. The highest BCUT2D eigenvalue weighted by atomic mass is 127. The predicted molar refractivity (Wildman–Crippen MR) is 88.0 cm³/mol. The van der Waals surface area contributed by atoms with E-state index in [4.69, 9.17) is 5.26 Å². The van der Waals surface area contributed by atoms with E-state index < -0.39 is 0 Å². The lowest BCUT2D eigenvalue weighted by atomic mass is 9.86. The van der Waals surface area contributed by atoms with Crippen molar-refractivity contribution in [2.75, 3.05) is 0 Å². The van der Waals surface area contributed by atoms with Crippen molar-refractivity contribution in [3.8, 4) is 17.2 Å². The molecule has 0 atom stereocenters. The number of benzene rings is 2. The molecule has 2 heteroatoms. The molecule has 2 aromatic rings. The van der Waals surface area contributed by atoms with Gasteiger partial charge in [0, 0.05) is 3.57 Å². The quantitative estimate of drug-likeness (QED) is 0.646. The Kier molecular flexibility index (Phi) is 3.96. The van der Waals surface area contributed by atoms with E-state index in [-0.39, 0.29) is 5.41 Å². The lowest BCUT2D eigenvalue weighted by Gasteiger charge is -2.19. The van der Waals surface area contributed by atoms with E-state index in [9.17, 15) is 0 Å². The summed E-state index contributed by atoms with van der Waals surface area (Å²) in [6, 6.07) is 16.6. The zero-order chi connectivity index (χ0) is 14.0. The van der Waals surface area contributed by atoms with Gasteiger partial charge < -0.3 is 0 Å². The monoisotopic (exact) mass is 361 g/mol. The molecule has 96 valence electrons. The average molecular weight is 361 g/mol. The van der Waals surface area contributed by atoms with Crippen molar-refractivity contribution in [2.45, 2.75) is 26.2 Å². The third kappa shape index (κ3) is 3.16. The molecule has 0 aliphatic carbocycles. The third-order valence-electron chi connectivity index (χ3n) is 3.16. The van der Waals surface area contributed by atoms with Crippen molar-refractivity contribution in [3.05, 3.63) is 57.2 Å². The molecule has 0 saturated heterocycles. The van der Waals surface area contributed by atoms with Gasteiger partial charge >= 0.3 is 0 Å². The highest BCUT2D eigenvalue weighted by molar-refractivity contribution is 14.1. The van der Waals surface area contributed by atoms with Crippen LogP contribution in [0.5, 0.6) is 0 Å². The normalized spacial score (nSPS) is 11.1. The summed E-state index contributed by atoms with van der Waals surface area (Å²) >= 11 is 2.31. The molecule has 2 rings (SSSR count). The number of hydrogen-bond donors (Lipinski definition) is 0. The Labute approximate surface area is 128 Å². The van der Waals surface area contributed by atoms with Gasteiger partial charge in [0.15, 0.2) is 0 Å². The van der Waals surface area contributed by atoms with Crippen LogP contribution in [0.4, 0.5) is 0 Å². The molecule has 0 saturated carbocycles. The molecule has 0 aliphatic heterocycles. The van der Waals surface area contributed by atoms with E-state index in [1.54, 1.807) is 0 Å². The number of nitrogens with zero attached hydrogens (tertiary/aromatic N) is 1. The Morgan fingerprint density at radius 3 is 2.16 bits per heavy atom. The maximum absolute atomic E-state index is 9.00. The molecule has 0 amide bonds. The van der Waals surface area contributed by atoms with Crippen molar-refractivity contribution in [1.82, 2.24) is 0 Å². The van der Waals surface area contributed by atoms with Gasteiger partial charge in [0.2, 0.25) is 0 Å². The molecule has 0 fully saturated rings. The molecule has 0 aliphatic rings. The van der Waals surface area contributed by atoms with Crippen LogP contribution in [-0.2, 0) is 5.41 Å². The van der Waals surface area contributed by atoms with Gasteiger partial charge in [-0.15, -0.1) is 0 Å². The highest BCUT2D eigenvalue weighted by Gasteiger charge is 2.13. The molecule has 0 aromatic heterocycles. The number of halogens is 1. The standard InChI is InChI=1S/C17H16IN/c1-17(2,3)14-7-5-13(6-8-14)15-10-12(11-19)4-9-16(15)18/h4-10H,1-3H3. The lowest BCUT2D eigenvalue weighted by Crippen LogP contribution is -2.10. The van der Waals surface area contributed by atoms with E-state index >= 15 is 0 Å². The summed E-state index contributed by atoms with van der Waals surface area (Å²) < 4.78 is 1.17. The van der Waals surface area contributed by atoms with Crippen LogP contribution in [0.2, 0.25) is 0 Å². The van der Waals surface area contributed by atoms with Crippen molar-refractivity contribution in [2.24, 2.45) is 0 Å². The Morgan fingerprint density at radius 2 is 1.63 bits per heavy atom. The first-order valence-corrected chi connectivity index (χ1v) is 7.30. The van der Waals surface area contributed by atoms with Crippen molar-refractivity contribution < 1.29 is 0 Å².